The van der Waals surface area contributed by atoms with Crippen molar-refractivity contribution in [1.29, 1.82) is 0 Å². The molecule has 2 amide bonds. The third kappa shape index (κ3) is 5.22. The first-order valence-corrected chi connectivity index (χ1v) is 12.9. The van der Waals surface area contributed by atoms with Crippen LogP contribution in [0.3, 0.4) is 0 Å². The lowest BCUT2D eigenvalue weighted by Gasteiger charge is -2.33. The van der Waals surface area contributed by atoms with Crippen molar-refractivity contribution in [3.05, 3.63) is 58.8 Å². The van der Waals surface area contributed by atoms with Gasteiger partial charge in [0.2, 0.25) is 11.8 Å². The summed E-state index contributed by atoms with van der Waals surface area (Å²) < 4.78 is 7.17. The number of halogens is 1. The van der Waals surface area contributed by atoms with Crippen molar-refractivity contribution in [2.24, 2.45) is 5.41 Å². The number of amides is 2. The fraction of sp³-hybridized carbons (Fsp3) is 0.333. The van der Waals surface area contributed by atoms with Crippen molar-refractivity contribution in [3.63, 3.8) is 0 Å². The van der Waals surface area contributed by atoms with Gasteiger partial charge in [-0.25, -0.2) is 4.98 Å². The van der Waals surface area contributed by atoms with Crippen molar-refractivity contribution < 1.29 is 14.1 Å². The van der Waals surface area contributed by atoms with Gasteiger partial charge in [-0.1, -0.05) is 49.7 Å². The molecule has 1 atom stereocenters. The zero-order valence-electron chi connectivity index (χ0n) is 22.3. The lowest BCUT2D eigenvalue weighted by Crippen LogP contribution is -2.32. The molecule has 3 aromatic heterocycles. The molecule has 5 aromatic rings. The fourth-order valence-corrected chi connectivity index (χ4v) is 4.88. The molecule has 5 rings (SSSR count). The maximum atomic E-state index is 13.2. The molecule has 0 aliphatic heterocycles. The van der Waals surface area contributed by atoms with E-state index in [0.29, 0.717) is 39.2 Å². The van der Waals surface area contributed by atoms with E-state index in [-0.39, 0.29) is 36.2 Å². The summed E-state index contributed by atoms with van der Waals surface area (Å²) in [5.74, 6) is 0.995. The second-order valence-electron chi connectivity index (χ2n) is 10.5. The van der Waals surface area contributed by atoms with Crippen LogP contribution in [0.4, 0.5) is 0 Å². The van der Waals surface area contributed by atoms with Gasteiger partial charge in [0, 0.05) is 30.5 Å². The normalized spacial score (nSPS) is 12.7. The topological polar surface area (TPSA) is 144 Å². The minimum Gasteiger partial charge on any atom is -0.355 e. The second kappa shape index (κ2) is 10.1. The van der Waals surface area contributed by atoms with E-state index < -0.39 is 0 Å². The van der Waals surface area contributed by atoms with Gasteiger partial charge in [-0.2, -0.15) is 10.1 Å². The monoisotopic (exact) mass is 548 g/mol. The number of aromatic amines is 1. The zero-order chi connectivity index (χ0) is 27.9. The summed E-state index contributed by atoms with van der Waals surface area (Å²) in [6.07, 6.45) is 1.90. The molecule has 0 bridgehead atoms. The number of nitrogens with one attached hydrogen (secondary N) is 3. The van der Waals surface area contributed by atoms with Crippen LogP contribution >= 0.6 is 11.6 Å². The van der Waals surface area contributed by atoms with Gasteiger partial charge in [0.05, 0.1) is 39.9 Å². The smallest absolute Gasteiger partial charge is 0.252 e. The molecule has 12 heteroatoms. The lowest BCUT2D eigenvalue weighted by atomic mass is 9.84. The zero-order valence-corrected chi connectivity index (χ0v) is 23.1. The van der Waals surface area contributed by atoms with Crippen molar-refractivity contribution >= 4 is 45.4 Å². The Morgan fingerprint density at radius 3 is 2.67 bits per heavy atom. The molecule has 2 aromatic carbocycles. The number of rotatable bonds is 7. The number of carbonyl (C=O) groups excluding carboxylic acids is 2. The van der Waals surface area contributed by atoms with Crippen molar-refractivity contribution in [3.8, 4) is 11.4 Å². The average Bonchev–Trinajstić information content (AvgIpc) is 3.62. The van der Waals surface area contributed by atoms with Crippen LogP contribution in [0.5, 0.6) is 0 Å². The number of H-pyrrole nitrogens is 1. The largest absolute Gasteiger partial charge is 0.355 e. The molecule has 0 aliphatic carbocycles. The van der Waals surface area contributed by atoms with Crippen LogP contribution in [0, 0.1) is 12.3 Å². The van der Waals surface area contributed by atoms with E-state index in [9.17, 15) is 9.59 Å². The number of aromatic nitrogens is 6. The van der Waals surface area contributed by atoms with Gasteiger partial charge in [-0.05, 0) is 30.5 Å². The number of nitrogens with zero attached hydrogens (tertiary/aromatic N) is 5. The number of imidazole rings is 1. The fourth-order valence-electron chi connectivity index (χ4n) is 4.64. The van der Waals surface area contributed by atoms with Crippen molar-refractivity contribution in [2.75, 3.05) is 7.05 Å². The molecule has 39 heavy (non-hydrogen) atoms. The highest BCUT2D eigenvalue weighted by Gasteiger charge is 2.33. The maximum Gasteiger partial charge on any atom is 0.252 e. The average molecular weight is 549 g/mol. The second-order valence-corrected chi connectivity index (χ2v) is 10.9. The molecule has 0 saturated heterocycles. The number of fused-ring (bicyclic) bond motifs is 2. The Hall–Kier alpha value is -4.25. The van der Waals surface area contributed by atoms with Gasteiger partial charge >= 0.3 is 0 Å². The van der Waals surface area contributed by atoms with E-state index in [1.165, 1.54) is 0 Å². The molecule has 202 valence electrons. The Morgan fingerprint density at radius 2 is 1.97 bits per heavy atom. The summed E-state index contributed by atoms with van der Waals surface area (Å²) in [7, 11) is 1.55. The molecule has 11 nitrogen and oxygen atoms in total. The standard InChI is InChI=1S/C27H29ClN8O3/c1-14-32-24(39-35-14)13-30-23(37)11-22(27(2,3)4)36-21-10-18(28)17(26(38)29-5)9-20(21)33-25(36)15-6-7-16-12-31-34-19(16)8-15/h6-10,12,22H,11,13H2,1-5H3,(H,29,38)(H,30,37)(H,31,34)/t22-/m0/s1. The first-order chi connectivity index (χ1) is 18.5. The summed E-state index contributed by atoms with van der Waals surface area (Å²) in [4.78, 5) is 34.8. The highest BCUT2D eigenvalue weighted by Crippen LogP contribution is 2.41. The van der Waals surface area contributed by atoms with E-state index >= 15 is 0 Å². The Balaban J connectivity index is 1.63. The SMILES string of the molecule is CNC(=O)c1cc2nc(-c3ccc4cn[nH]c4c3)n([C@@H](CC(=O)NCc3nc(C)no3)C(C)(C)C)c2cc1Cl. The Kier molecular flexibility index (Phi) is 6.85. The van der Waals surface area contributed by atoms with Gasteiger partial charge in [0.1, 0.15) is 5.82 Å². The maximum absolute atomic E-state index is 13.2. The van der Waals surface area contributed by atoms with Gasteiger partial charge in [0.25, 0.3) is 5.91 Å². The van der Waals surface area contributed by atoms with E-state index in [1.54, 1.807) is 32.3 Å². The predicted molar refractivity (Wildman–Crippen MR) is 147 cm³/mol. The van der Waals surface area contributed by atoms with Gasteiger partial charge in [-0.15, -0.1) is 0 Å². The quantitative estimate of drug-likeness (QED) is 0.270. The van der Waals surface area contributed by atoms with E-state index in [1.807, 2.05) is 22.8 Å². The minimum absolute atomic E-state index is 0.131. The molecule has 0 radical (unpaired) electrons. The molecule has 0 fully saturated rings. The number of hydrogen-bond acceptors (Lipinski definition) is 7. The predicted octanol–water partition coefficient (Wildman–Crippen LogP) is 4.58. The molecule has 0 unspecified atom stereocenters. The summed E-state index contributed by atoms with van der Waals surface area (Å²) in [6, 6.07) is 8.99. The van der Waals surface area contributed by atoms with Crippen LogP contribution in [0.2, 0.25) is 5.02 Å². The van der Waals surface area contributed by atoms with Gasteiger partial charge in [0.15, 0.2) is 5.82 Å². The number of hydrogen-bond donors (Lipinski definition) is 3. The Labute approximate surface area is 229 Å². The molecular weight excluding hydrogens is 520 g/mol. The molecule has 0 saturated carbocycles. The van der Waals surface area contributed by atoms with E-state index in [0.717, 1.165) is 16.5 Å². The molecule has 0 aliphatic rings. The minimum atomic E-state index is -0.370. The third-order valence-corrected chi connectivity index (χ3v) is 6.96. The molecular formula is C27H29ClN8O3. The van der Waals surface area contributed by atoms with E-state index in [4.69, 9.17) is 21.1 Å². The molecule has 0 spiro atoms. The lowest BCUT2D eigenvalue weighted by molar-refractivity contribution is -0.122. The molecule has 3 N–H and O–H groups in total. The van der Waals surface area contributed by atoms with Crippen molar-refractivity contribution in [2.45, 2.75) is 46.7 Å². The summed E-state index contributed by atoms with van der Waals surface area (Å²) in [6.45, 7) is 8.06. The van der Waals surface area contributed by atoms with Crippen LogP contribution in [0.15, 0.2) is 41.1 Å². The van der Waals surface area contributed by atoms with Crippen LogP contribution < -0.4 is 10.6 Å². The summed E-state index contributed by atoms with van der Waals surface area (Å²) >= 11 is 6.59. The van der Waals surface area contributed by atoms with Gasteiger partial charge < -0.3 is 19.7 Å². The van der Waals surface area contributed by atoms with E-state index in [2.05, 4.69) is 51.7 Å². The first-order valence-electron chi connectivity index (χ1n) is 12.5. The summed E-state index contributed by atoms with van der Waals surface area (Å²) in [5.41, 5.74) is 2.95. The number of benzene rings is 2. The first kappa shape index (κ1) is 26.4. The van der Waals surface area contributed by atoms with Gasteiger partial charge in [-0.3, -0.25) is 14.7 Å². The Morgan fingerprint density at radius 1 is 1.18 bits per heavy atom. The van der Waals surface area contributed by atoms with Crippen LogP contribution in [0.1, 0.15) is 55.3 Å². The van der Waals surface area contributed by atoms with Crippen LogP contribution in [-0.4, -0.2) is 48.8 Å². The van der Waals surface area contributed by atoms with Crippen molar-refractivity contribution in [1.82, 2.24) is 40.5 Å². The number of carbonyl (C=O) groups is 2. The highest BCUT2D eigenvalue weighted by atomic mass is 35.5. The Bertz CT molecular complexity index is 1690. The van der Waals surface area contributed by atoms with Crippen LogP contribution in [0.25, 0.3) is 33.3 Å². The summed E-state index contributed by atoms with van der Waals surface area (Å²) in [5, 5.41) is 17.7. The van der Waals surface area contributed by atoms with Crippen LogP contribution in [-0.2, 0) is 11.3 Å². The number of aryl methyl sites for hydroxylation is 1. The third-order valence-electron chi connectivity index (χ3n) is 6.65. The molecule has 3 heterocycles. The highest BCUT2D eigenvalue weighted by molar-refractivity contribution is 6.34.